The topological polar surface area (TPSA) is 64.2 Å². The van der Waals surface area contributed by atoms with Crippen molar-refractivity contribution in [2.24, 2.45) is 0 Å². The molecule has 0 heterocycles. The van der Waals surface area contributed by atoms with Crippen molar-refractivity contribution in [1.82, 2.24) is 0 Å². The molecule has 0 radical (unpaired) electrons. The van der Waals surface area contributed by atoms with E-state index in [1.165, 1.54) is 12.1 Å². The van der Waals surface area contributed by atoms with Crippen LogP contribution in [-0.4, -0.2) is 10.2 Å². The number of rotatable bonds is 0. The Morgan fingerprint density at radius 1 is 1.05 bits per heavy atom. The van der Waals surface area contributed by atoms with Gasteiger partial charge in [0.15, 0.2) is 0 Å². The fourth-order valence-corrected chi connectivity index (χ4v) is 1.95. The molecule has 0 saturated carbocycles. The molecular formula is C17H15NO2. The fraction of sp³-hybridized carbons (Fsp3) is 0.118. The van der Waals surface area contributed by atoms with Crippen LogP contribution in [0, 0.1) is 11.3 Å². The van der Waals surface area contributed by atoms with Crippen LogP contribution in [0.5, 0.6) is 5.75 Å². The number of phenols is 1. The van der Waals surface area contributed by atoms with Gasteiger partial charge in [0.2, 0.25) is 0 Å². The van der Waals surface area contributed by atoms with Crippen molar-refractivity contribution in [2.75, 3.05) is 0 Å². The molecule has 1 aliphatic carbocycles. The summed E-state index contributed by atoms with van der Waals surface area (Å²) in [5, 5.41) is 26.5. The number of fused-ring (bicyclic) bond motifs is 1. The van der Waals surface area contributed by atoms with Gasteiger partial charge in [-0.1, -0.05) is 36.4 Å². The lowest BCUT2D eigenvalue weighted by Gasteiger charge is -2.15. The molecule has 3 heteroatoms. The first kappa shape index (κ1) is 13.9. The summed E-state index contributed by atoms with van der Waals surface area (Å²) in [6.07, 6.45) is 4.52. The zero-order chi connectivity index (χ0) is 14.4. The first-order valence-electron chi connectivity index (χ1n) is 6.33. The molecule has 0 bridgehead atoms. The summed E-state index contributed by atoms with van der Waals surface area (Å²) < 4.78 is 0. The molecule has 0 saturated heterocycles. The van der Waals surface area contributed by atoms with Gasteiger partial charge in [0.25, 0.3) is 0 Å². The second kappa shape index (κ2) is 6.55. The number of aromatic hydroxyl groups is 1. The lowest BCUT2D eigenvalue weighted by Crippen LogP contribution is -2.01. The van der Waals surface area contributed by atoms with E-state index >= 15 is 0 Å². The second-order valence-electron chi connectivity index (χ2n) is 4.44. The Morgan fingerprint density at radius 2 is 1.75 bits per heavy atom. The van der Waals surface area contributed by atoms with E-state index in [1.807, 2.05) is 36.4 Å². The lowest BCUT2D eigenvalue weighted by molar-refractivity contribution is 0.180. The molecule has 3 rings (SSSR count). The van der Waals surface area contributed by atoms with Gasteiger partial charge in [-0.3, -0.25) is 0 Å². The average Bonchev–Trinajstić information content (AvgIpc) is 2.49. The predicted molar refractivity (Wildman–Crippen MR) is 77.9 cm³/mol. The number of phenolic OH excluding ortho intramolecular Hbond substituents is 1. The Kier molecular flexibility index (Phi) is 4.54. The highest BCUT2D eigenvalue weighted by Crippen LogP contribution is 2.26. The first-order chi connectivity index (χ1) is 9.70. The van der Waals surface area contributed by atoms with Gasteiger partial charge in [0.1, 0.15) is 5.75 Å². The van der Waals surface area contributed by atoms with E-state index in [2.05, 4.69) is 6.08 Å². The summed E-state index contributed by atoms with van der Waals surface area (Å²) in [6.45, 7) is 0. The lowest BCUT2D eigenvalue weighted by atomic mass is 9.95. The average molecular weight is 265 g/mol. The number of aliphatic hydroxyl groups is 1. The molecule has 2 N–H and O–H groups in total. The smallest absolute Gasteiger partial charge is 0.115 e. The molecule has 20 heavy (non-hydrogen) atoms. The van der Waals surface area contributed by atoms with Gasteiger partial charge in [0.05, 0.1) is 17.7 Å². The summed E-state index contributed by atoms with van der Waals surface area (Å²) in [7, 11) is 0. The van der Waals surface area contributed by atoms with E-state index in [-0.39, 0.29) is 11.9 Å². The van der Waals surface area contributed by atoms with Gasteiger partial charge in [0, 0.05) is 0 Å². The van der Waals surface area contributed by atoms with Gasteiger partial charge in [-0.15, -0.1) is 0 Å². The monoisotopic (exact) mass is 265 g/mol. The van der Waals surface area contributed by atoms with E-state index in [4.69, 9.17) is 10.4 Å². The molecule has 2 aromatic rings. The van der Waals surface area contributed by atoms with Crippen LogP contribution < -0.4 is 0 Å². The maximum atomic E-state index is 9.51. The zero-order valence-electron chi connectivity index (χ0n) is 10.9. The summed E-state index contributed by atoms with van der Waals surface area (Å²) >= 11 is 0. The third-order valence-corrected chi connectivity index (χ3v) is 3.01. The zero-order valence-corrected chi connectivity index (χ0v) is 10.9. The van der Waals surface area contributed by atoms with Crippen molar-refractivity contribution in [1.29, 1.82) is 5.26 Å². The Bertz CT molecular complexity index is 639. The first-order valence-corrected chi connectivity index (χ1v) is 6.33. The molecule has 0 fully saturated rings. The van der Waals surface area contributed by atoms with Gasteiger partial charge < -0.3 is 10.2 Å². The molecule has 1 atom stereocenters. The highest BCUT2D eigenvalue weighted by Gasteiger charge is 2.11. The SMILES string of the molecule is N#Cc1ccc(O)cc1.OC1CC=Cc2ccccc21. The number of hydrogen-bond acceptors (Lipinski definition) is 3. The van der Waals surface area contributed by atoms with Crippen LogP contribution in [0.4, 0.5) is 0 Å². The van der Waals surface area contributed by atoms with E-state index in [0.717, 1.165) is 17.5 Å². The van der Waals surface area contributed by atoms with Gasteiger partial charge >= 0.3 is 0 Å². The molecule has 0 aliphatic heterocycles. The summed E-state index contributed by atoms with van der Waals surface area (Å²) in [4.78, 5) is 0. The Labute approximate surface area is 118 Å². The maximum Gasteiger partial charge on any atom is 0.115 e. The normalized spacial score (nSPS) is 15.5. The van der Waals surface area contributed by atoms with Crippen LogP contribution in [0.3, 0.4) is 0 Å². The number of nitrogens with zero attached hydrogens (tertiary/aromatic N) is 1. The Balaban J connectivity index is 0.000000151. The number of aliphatic hydroxyl groups excluding tert-OH is 1. The predicted octanol–water partition coefficient (Wildman–Crippen LogP) is 3.40. The number of benzene rings is 2. The molecule has 3 nitrogen and oxygen atoms in total. The van der Waals surface area contributed by atoms with E-state index in [1.54, 1.807) is 12.1 Å². The third kappa shape index (κ3) is 3.47. The molecular weight excluding hydrogens is 250 g/mol. The molecule has 0 aromatic heterocycles. The van der Waals surface area contributed by atoms with Gasteiger partial charge in [-0.05, 0) is 41.8 Å². The summed E-state index contributed by atoms with van der Waals surface area (Å²) in [5.41, 5.74) is 2.76. The van der Waals surface area contributed by atoms with Crippen molar-refractivity contribution in [3.05, 3.63) is 71.3 Å². The van der Waals surface area contributed by atoms with Crippen molar-refractivity contribution < 1.29 is 10.2 Å². The van der Waals surface area contributed by atoms with Crippen molar-refractivity contribution >= 4 is 6.08 Å². The van der Waals surface area contributed by atoms with Crippen LogP contribution in [-0.2, 0) is 0 Å². The molecule has 2 aromatic carbocycles. The van der Waals surface area contributed by atoms with Crippen molar-refractivity contribution in [3.8, 4) is 11.8 Å². The minimum absolute atomic E-state index is 0.189. The van der Waals surface area contributed by atoms with Crippen LogP contribution in [0.15, 0.2) is 54.6 Å². The minimum Gasteiger partial charge on any atom is -0.508 e. The third-order valence-electron chi connectivity index (χ3n) is 3.01. The molecule has 100 valence electrons. The van der Waals surface area contributed by atoms with Gasteiger partial charge in [-0.2, -0.15) is 5.26 Å². The standard InChI is InChI=1S/C10H10O.C7H5NO/c11-10-7-3-5-8-4-1-2-6-9(8)10;8-5-6-1-3-7(9)4-2-6/h1-6,10-11H,7H2;1-4,9H. The maximum absolute atomic E-state index is 9.51. The fourth-order valence-electron chi connectivity index (χ4n) is 1.95. The summed E-state index contributed by atoms with van der Waals surface area (Å²) in [6, 6.07) is 16.0. The highest BCUT2D eigenvalue weighted by molar-refractivity contribution is 5.56. The molecule has 1 unspecified atom stereocenters. The Hall–Kier alpha value is -2.57. The molecule has 0 spiro atoms. The van der Waals surface area contributed by atoms with E-state index in [0.29, 0.717) is 5.56 Å². The van der Waals surface area contributed by atoms with E-state index < -0.39 is 0 Å². The van der Waals surface area contributed by atoms with Crippen LogP contribution in [0.1, 0.15) is 29.2 Å². The summed E-state index contributed by atoms with van der Waals surface area (Å²) in [5.74, 6) is 0.189. The van der Waals surface area contributed by atoms with Crippen LogP contribution >= 0.6 is 0 Å². The highest BCUT2D eigenvalue weighted by atomic mass is 16.3. The van der Waals surface area contributed by atoms with E-state index in [9.17, 15) is 5.11 Å². The number of nitriles is 1. The molecule has 1 aliphatic rings. The van der Waals surface area contributed by atoms with Gasteiger partial charge in [-0.25, -0.2) is 0 Å². The van der Waals surface area contributed by atoms with Crippen LogP contribution in [0.2, 0.25) is 0 Å². The van der Waals surface area contributed by atoms with Crippen molar-refractivity contribution in [3.63, 3.8) is 0 Å². The van der Waals surface area contributed by atoms with Crippen molar-refractivity contribution in [2.45, 2.75) is 12.5 Å². The Morgan fingerprint density at radius 3 is 2.40 bits per heavy atom. The molecule has 0 amide bonds. The number of hydrogen-bond donors (Lipinski definition) is 2. The quantitative estimate of drug-likeness (QED) is 0.767. The second-order valence-corrected chi connectivity index (χ2v) is 4.44. The largest absolute Gasteiger partial charge is 0.508 e. The van der Waals surface area contributed by atoms with Crippen LogP contribution in [0.25, 0.3) is 6.08 Å². The minimum atomic E-state index is -0.295.